The summed E-state index contributed by atoms with van der Waals surface area (Å²) in [7, 11) is -4.34. The summed E-state index contributed by atoms with van der Waals surface area (Å²) in [5.74, 6) is 0. The summed E-state index contributed by atoms with van der Waals surface area (Å²) in [5.41, 5.74) is -0.742. The molecule has 0 bridgehead atoms. The molecule has 0 unspecified atom stereocenters. The lowest BCUT2D eigenvalue weighted by Crippen LogP contribution is -2.12. The fourth-order valence-electron chi connectivity index (χ4n) is 1.84. The summed E-state index contributed by atoms with van der Waals surface area (Å²) in [6.07, 6.45) is 0. The standard InChI is InChI=1S/C14H12N2O8S2/c17-15(18)11-5-1-3-7-13(11)25-23-9-10-24-26(21,22)14-8-4-2-6-12(14)16(19)20/h1-8H,9-10H2. The maximum Gasteiger partial charge on any atom is 0.303 e. The molecule has 2 aromatic carbocycles. The van der Waals surface area contributed by atoms with Gasteiger partial charge in [-0.1, -0.05) is 24.3 Å². The van der Waals surface area contributed by atoms with Crippen molar-refractivity contribution in [3.8, 4) is 0 Å². The van der Waals surface area contributed by atoms with Crippen LogP contribution in [0.4, 0.5) is 11.4 Å². The Hall–Kier alpha value is -2.54. The Morgan fingerprint density at radius 3 is 2.12 bits per heavy atom. The monoisotopic (exact) mass is 400 g/mol. The number of nitrogens with zero attached hydrogens (tertiary/aromatic N) is 2. The van der Waals surface area contributed by atoms with Gasteiger partial charge >= 0.3 is 10.1 Å². The van der Waals surface area contributed by atoms with Crippen molar-refractivity contribution in [2.24, 2.45) is 0 Å². The van der Waals surface area contributed by atoms with E-state index < -0.39 is 37.2 Å². The van der Waals surface area contributed by atoms with Gasteiger partial charge in [0.15, 0.2) is 4.90 Å². The SMILES string of the molecule is O=[N+]([O-])c1ccccc1SOCCOS(=O)(=O)c1ccccc1[N+](=O)[O-]. The zero-order valence-corrected chi connectivity index (χ0v) is 14.6. The van der Waals surface area contributed by atoms with Gasteiger partial charge in [-0.05, 0) is 12.1 Å². The highest BCUT2D eigenvalue weighted by molar-refractivity contribution is 7.94. The van der Waals surface area contributed by atoms with Crippen LogP contribution in [0, 0.1) is 20.2 Å². The van der Waals surface area contributed by atoms with Crippen molar-refractivity contribution in [2.45, 2.75) is 9.79 Å². The van der Waals surface area contributed by atoms with Crippen molar-refractivity contribution in [2.75, 3.05) is 13.2 Å². The first-order valence-corrected chi connectivity index (χ1v) is 9.13. The smallest absolute Gasteiger partial charge is 0.303 e. The van der Waals surface area contributed by atoms with Gasteiger partial charge in [-0.3, -0.25) is 24.4 Å². The van der Waals surface area contributed by atoms with Gasteiger partial charge in [0.2, 0.25) is 0 Å². The topological polar surface area (TPSA) is 139 Å². The lowest BCUT2D eigenvalue weighted by atomic mass is 10.3. The van der Waals surface area contributed by atoms with Crippen LogP contribution in [0.3, 0.4) is 0 Å². The van der Waals surface area contributed by atoms with Crippen LogP contribution in [0.1, 0.15) is 0 Å². The van der Waals surface area contributed by atoms with Crippen molar-refractivity contribution in [1.82, 2.24) is 0 Å². The molecule has 0 saturated carbocycles. The minimum absolute atomic E-state index is 0.147. The predicted molar refractivity (Wildman–Crippen MR) is 91.1 cm³/mol. The minimum atomic E-state index is -4.34. The normalized spacial score (nSPS) is 11.2. The van der Waals surface area contributed by atoms with E-state index in [9.17, 15) is 28.6 Å². The molecule has 0 heterocycles. The maximum absolute atomic E-state index is 12.1. The van der Waals surface area contributed by atoms with E-state index in [4.69, 9.17) is 8.37 Å². The summed E-state index contributed by atoms with van der Waals surface area (Å²) in [4.78, 5) is 20.1. The molecule has 26 heavy (non-hydrogen) atoms. The second kappa shape index (κ2) is 8.71. The second-order valence-electron chi connectivity index (χ2n) is 4.63. The van der Waals surface area contributed by atoms with Crippen LogP contribution >= 0.6 is 12.0 Å². The molecule has 0 fully saturated rings. The third-order valence-corrected chi connectivity index (χ3v) is 5.12. The van der Waals surface area contributed by atoms with Crippen molar-refractivity contribution in [3.63, 3.8) is 0 Å². The van der Waals surface area contributed by atoms with Gasteiger partial charge in [-0.25, -0.2) is 0 Å². The highest BCUT2D eigenvalue weighted by atomic mass is 32.2. The molecule has 138 valence electrons. The highest BCUT2D eigenvalue weighted by Gasteiger charge is 2.26. The molecule has 0 aliphatic rings. The van der Waals surface area contributed by atoms with E-state index in [1.165, 1.54) is 30.3 Å². The average Bonchev–Trinajstić information content (AvgIpc) is 2.61. The summed E-state index contributed by atoms with van der Waals surface area (Å²) >= 11 is 0.705. The van der Waals surface area contributed by atoms with E-state index in [0.29, 0.717) is 12.0 Å². The van der Waals surface area contributed by atoms with Crippen LogP contribution in [0.5, 0.6) is 0 Å². The first-order chi connectivity index (χ1) is 12.3. The largest absolute Gasteiger partial charge is 0.308 e. The molecule has 0 saturated heterocycles. The zero-order chi connectivity index (χ0) is 19.2. The summed E-state index contributed by atoms with van der Waals surface area (Å²) < 4.78 is 33.9. The minimum Gasteiger partial charge on any atom is -0.308 e. The van der Waals surface area contributed by atoms with E-state index in [1.807, 2.05) is 0 Å². The quantitative estimate of drug-likeness (QED) is 0.204. The van der Waals surface area contributed by atoms with Gasteiger partial charge in [0, 0.05) is 24.2 Å². The van der Waals surface area contributed by atoms with E-state index in [-0.39, 0.29) is 17.2 Å². The molecule has 0 aliphatic heterocycles. The molecule has 0 atom stereocenters. The van der Waals surface area contributed by atoms with Crippen molar-refractivity contribution in [1.29, 1.82) is 0 Å². The zero-order valence-electron chi connectivity index (χ0n) is 13.0. The van der Waals surface area contributed by atoms with E-state index in [1.54, 1.807) is 6.07 Å². The Morgan fingerprint density at radius 2 is 1.46 bits per heavy atom. The van der Waals surface area contributed by atoms with Gasteiger partial charge in [0.25, 0.3) is 11.4 Å². The fraction of sp³-hybridized carbons (Fsp3) is 0.143. The average molecular weight is 400 g/mol. The molecular formula is C14H12N2O8S2. The fourth-order valence-corrected chi connectivity index (χ4v) is 3.54. The number of nitro groups is 2. The Kier molecular flexibility index (Phi) is 6.63. The number of rotatable bonds is 9. The Bertz CT molecular complexity index is 917. The van der Waals surface area contributed by atoms with Gasteiger partial charge in [0.05, 0.1) is 23.1 Å². The lowest BCUT2D eigenvalue weighted by Gasteiger charge is -2.06. The molecule has 0 amide bonds. The Morgan fingerprint density at radius 1 is 0.885 bits per heavy atom. The van der Waals surface area contributed by atoms with Crippen molar-refractivity contribution >= 4 is 33.5 Å². The van der Waals surface area contributed by atoms with Crippen LogP contribution in [0.25, 0.3) is 0 Å². The molecule has 12 heteroatoms. The molecule has 0 aromatic heterocycles. The highest BCUT2D eigenvalue weighted by Crippen LogP contribution is 2.29. The van der Waals surface area contributed by atoms with Crippen LogP contribution in [-0.4, -0.2) is 31.5 Å². The first kappa shape index (κ1) is 19.8. The van der Waals surface area contributed by atoms with Crippen LogP contribution in [0.15, 0.2) is 58.3 Å². The molecule has 0 N–H and O–H groups in total. The van der Waals surface area contributed by atoms with Crippen molar-refractivity contribution < 1.29 is 26.6 Å². The van der Waals surface area contributed by atoms with Crippen LogP contribution in [0.2, 0.25) is 0 Å². The third-order valence-electron chi connectivity index (χ3n) is 2.95. The molecular weight excluding hydrogens is 388 g/mol. The number of para-hydroxylation sites is 2. The summed E-state index contributed by atoms with van der Waals surface area (Å²) in [6, 6.07) is 10.7. The number of nitro benzene ring substituents is 2. The van der Waals surface area contributed by atoms with Crippen LogP contribution < -0.4 is 0 Å². The van der Waals surface area contributed by atoms with Gasteiger partial charge in [0.1, 0.15) is 4.90 Å². The Labute approximate surface area is 152 Å². The Balaban J connectivity index is 1.92. The molecule has 10 nitrogen and oxygen atoms in total. The van der Waals surface area contributed by atoms with E-state index >= 15 is 0 Å². The predicted octanol–water partition coefficient (Wildman–Crippen LogP) is 2.93. The van der Waals surface area contributed by atoms with E-state index in [0.717, 1.165) is 12.1 Å². The lowest BCUT2D eigenvalue weighted by molar-refractivity contribution is -0.388. The number of hydrogen-bond donors (Lipinski definition) is 0. The van der Waals surface area contributed by atoms with Crippen LogP contribution in [-0.2, 0) is 18.5 Å². The number of benzene rings is 2. The molecule has 0 aliphatic carbocycles. The van der Waals surface area contributed by atoms with Crippen molar-refractivity contribution in [3.05, 3.63) is 68.8 Å². The maximum atomic E-state index is 12.1. The van der Waals surface area contributed by atoms with Gasteiger partial charge in [-0.2, -0.15) is 8.42 Å². The molecule has 0 spiro atoms. The molecule has 2 aromatic rings. The second-order valence-corrected chi connectivity index (χ2v) is 7.06. The van der Waals surface area contributed by atoms with Gasteiger partial charge in [-0.15, -0.1) is 0 Å². The summed E-state index contributed by atoms with van der Waals surface area (Å²) in [5, 5.41) is 21.8. The summed E-state index contributed by atoms with van der Waals surface area (Å²) in [6.45, 7) is -0.626. The molecule has 0 radical (unpaired) electrons. The van der Waals surface area contributed by atoms with E-state index in [2.05, 4.69) is 0 Å². The number of hydrogen-bond acceptors (Lipinski definition) is 9. The molecule has 2 rings (SSSR count). The van der Waals surface area contributed by atoms with Gasteiger partial charge < -0.3 is 4.18 Å². The third kappa shape index (κ3) is 4.98. The first-order valence-electron chi connectivity index (χ1n) is 6.98.